The maximum absolute atomic E-state index is 2.35. The molecule has 0 amide bonds. The van der Waals surface area contributed by atoms with E-state index in [0.717, 1.165) is 6.42 Å². The van der Waals surface area contributed by atoms with Gasteiger partial charge in [0.1, 0.15) is 0 Å². The third-order valence-electron chi connectivity index (χ3n) is 4.12. The van der Waals surface area contributed by atoms with Crippen LogP contribution >= 0.6 is 34.0 Å². The fourth-order valence-electron chi connectivity index (χ4n) is 3.13. The van der Waals surface area contributed by atoms with Gasteiger partial charge in [-0.15, -0.1) is 34.0 Å². The molecule has 0 atom stereocenters. The summed E-state index contributed by atoms with van der Waals surface area (Å²) < 4.78 is 6.29. The van der Waals surface area contributed by atoms with Gasteiger partial charge >= 0.3 is 0 Å². The van der Waals surface area contributed by atoms with Gasteiger partial charge in [-0.3, -0.25) is 0 Å². The van der Waals surface area contributed by atoms with E-state index in [1.807, 2.05) is 11.3 Å². The van der Waals surface area contributed by atoms with Crippen molar-refractivity contribution in [3.05, 3.63) is 20.9 Å². The zero-order valence-electron chi connectivity index (χ0n) is 13.8. The van der Waals surface area contributed by atoms with Gasteiger partial charge in [-0.25, -0.2) is 0 Å². The first-order valence-corrected chi connectivity index (χ1v) is 10.4. The molecule has 0 radical (unpaired) electrons. The molecule has 3 aromatic rings. The van der Waals surface area contributed by atoms with Crippen molar-refractivity contribution in [2.24, 2.45) is 0 Å². The van der Waals surface area contributed by atoms with Gasteiger partial charge in [-0.2, -0.15) is 0 Å². The third-order valence-corrected chi connectivity index (χ3v) is 8.89. The highest BCUT2D eigenvalue weighted by molar-refractivity contribution is 7.39. The molecule has 3 rings (SSSR count). The molecule has 0 aliphatic rings. The molecule has 3 aromatic heterocycles. The van der Waals surface area contributed by atoms with E-state index in [0.29, 0.717) is 0 Å². The molecule has 0 bridgehead atoms. The lowest BCUT2D eigenvalue weighted by Gasteiger charge is -2.18. The van der Waals surface area contributed by atoms with Gasteiger partial charge in [-0.1, -0.05) is 41.5 Å². The molecule has 0 saturated heterocycles. The summed E-state index contributed by atoms with van der Waals surface area (Å²) >= 11 is 6.16. The van der Waals surface area contributed by atoms with Gasteiger partial charge < -0.3 is 0 Å². The second-order valence-corrected chi connectivity index (χ2v) is 9.79. The molecule has 0 N–H and O–H groups in total. The fourth-order valence-corrected chi connectivity index (χ4v) is 7.96. The normalized spacial score (nSPS) is 12.9. The quantitative estimate of drug-likeness (QED) is 0.476. The number of hydrogen-bond donors (Lipinski definition) is 0. The van der Waals surface area contributed by atoms with Crippen molar-refractivity contribution in [2.75, 3.05) is 0 Å². The van der Waals surface area contributed by atoms with E-state index >= 15 is 0 Å². The number of aryl methyl sites for hydroxylation is 3. The molecule has 0 aliphatic carbocycles. The lowest BCUT2D eigenvalue weighted by Crippen LogP contribution is -2.10. The zero-order valence-corrected chi connectivity index (χ0v) is 16.3. The van der Waals surface area contributed by atoms with Crippen LogP contribution < -0.4 is 0 Å². The Bertz CT molecular complexity index is 790. The highest BCUT2D eigenvalue weighted by Crippen LogP contribution is 2.50. The van der Waals surface area contributed by atoms with Crippen LogP contribution in [0.5, 0.6) is 0 Å². The van der Waals surface area contributed by atoms with Crippen LogP contribution in [0.2, 0.25) is 0 Å². The Hall–Kier alpha value is -0.380. The van der Waals surface area contributed by atoms with Crippen molar-refractivity contribution in [2.45, 2.75) is 66.2 Å². The fraction of sp³-hybridized carbons (Fsp3) is 0.556. The second kappa shape index (κ2) is 5.36. The molecule has 0 saturated carbocycles. The van der Waals surface area contributed by atoms with Crippen LogP contribution in [0.3, 0.4) is 0 Å². The van der Waals surface area contributed by atoms with Crippen LogP contribution in [0.1, 0.15) is 62.4 Å². The van der Waals surface area contributed by atoms with Crippen molar-refractivity contribution in [1.82, 2.24) is 0 Å². The van der Waals surface area contributed by atoms with E-state index in [1.165, 1.54) is 12.8 Å². The zero-order chi connectivity index (χ0) is 15.4. The summed E-state index contributed by atoms with van der Waals surface area (Å²) in [7, 11) is 0. The summed E-state index contributed by atoms with van der Waals surface area (Å²) in [5.41, 5.74) is 3.49. The van der Waals surface area contributed by atoms with Crippen molar-refractivity contribution < 1.29 is 0 Å². The first-order valence-electron chi connectivity index (χ1n) is 7.91. The Morgan fingerprint density at radius 3 is 1.76 bits per heavy atom. The maximum atomic E-state index is 2.35. The number of rotatable bonds is 3. The Kier molecular flexibility index (Phi) is 3.96. The van der Waals surface area contributed by atoms with Crippen molar-refractivity contribution in [3.63, 3.8) is 0 Å². The van der Waals surface area contributed by atoms with Crippen LogP contribution in [0.25, 0.3) is 18.8 Å². The van der Waals surface area contributed by atoms with E-state index in [1.54, 1.807) is 39.7 Å². The van der Waals surface area contributed by atoms with E-state index < -0.39 is 0 Å². The van der Waals surface area contributed by atoms with Crippen LogP contribution in [0.15, 0.2) is 0 Å². The number of thiophene rings is 3. The minimum absolute atomic E-state index is 0.263. The number of fused-ring (bicyclic) bond motifs is 3. The van der Waals surface area contributed by atoms with E-state index in [-0.39, 0.29) is 5.41 Å². The van der Waals surface area contributed by atoms with Crippen LogP contribution in [0.4, 0.5) is 0 Å². The molecule has 0 unspecified atom stereocenters. The summed E-state index contributed by atoms with van der Waals surface area (Å²) in [6.45, 7) is 13.9. The highest BCUT2D eigenvalue weighted by Gasteiger charge is 2.26. The highest BCUT2D eigenvalue weighted by atomic mass is 32.1. The molecule has 21 heavy (non-hydrogen) atoms. The summed E-state index contributed by atoms with van der Waals surface area (Å²) in [4.78, 5) is 3.20. The minimum Gasteiger partial charge on any atom is -0.138 e. The monoisotopic (exact) mass is 336 g/mol. The predicted molar refractivity (Wildman–Crippen MR) is 102 cm³/mol. The van der Waals surface area contributed by atoms with Gasteiger partial charge in [-0.05, 0) is 35.8 Å². The summed E-state index contributed by atoms with van der Waals surface area (Å²) in [6, 6.07) is 0. The first-order chi connectivity index (χ1) is 9.92. The molecular weight excluding hydrogens is 312 g/mol. The average molecular weight is 337 g/mol. The van der Waals surface area contributed by atoms with E-state index in [4.69, 9.17) is 0 Å². The van der Waals surface area contributed by atoms with Crippen LogP contribution in [0, 0.1) is 0 Å². The average Bonchev–Trinajstić information content (AvgIpc) is 3.03. The molecule has 0 aromatic carbocycles. The Morgan fingerprint density at radius 2 is 1.24 bits per heavy atom. The summed E-state index contributed by atoms with van der Waals surface area (Å²) in [6.07, 6.45) is 3.50. The Balaban J connectivity index is 2.37. The van der Waals surface area contributed by atoms with E-state index in [2.05, 4.69) is 64.2 Å². The minimum atomic E-state index is 0.263. The Morgan fingerprint density at radius 1 is 0.667 bits per heavy atom. The van der Waals surface area contributed by atoms with Gasteiger partial charge in [0.2, 0.25) is 0 Å². The first kappa shape index (κ1) is 15.5. The largest absolute Gasteiger partial charge is 0.138 e. The van der Waals surface area contributed by atoms with E-state index in [9.17, 15) is 0 Å². The third kappa shape index (κ3) is 2.29. The maximum Gasteiger partial charge on any atom is 0.0635 e. The molecule has 0 fully saturated rings. The smallest absolute Gasteiger partial charge is 0.0635 e. The van der Waals surface area contributed by atoms with Crippen LogP contribution in [-0.2, 0) is 24.7 Å². The molecule has 114 valence electrons. The SMILES string of the molecule is CCc1sc2c(sc3c(CC)c(C(C)(C)C)sc32)c1CC. The molecule has 0 nitrogen and oxygen atoms in total. The lowest BCUT2D eigenvalue weighted by molar-refractivity contribution is 0.598. The van der Waals surface area contributed by atoms with Crippen molar-refractivity contribution in [1.29, 1.82) is 0 Å². The molecule has 0 aliphatic heterocycles. The number of hydrogen-bond acceptors (Lipinski definition) is 3. The van der Waals surface area contributed by atoms with Gasteiger partial charge in [0.15, 0.2) is 0 Å². The van der Waals surface area contributed by atoms with Crippen LogP contribution in [-0.4, -0.2) is 0 Å². The molecule has 3 heteroatoms. The predicted octanol–water partition coefficient (Wildman–Crippen LogP) is 7.16. The van der Waals surface area contributed by atoms with Gasteiger partial charge in [0.25, 0.3) is 0 Å². The van der Waals surface area contributed by atoms with Gasteiger partial charge in [0.05, 0.1) is 18.8 Å². The summed E-state index contributed by atoms with van der Waals surface area (Å²) in [5, 5.41) is 0. The van der Waals surface area contributed by atoms with Crippen molar-refractivity contribution >= 4 is 52.8 Å². The summed E-state index contributed by atoms with van der Waals surface area (Å²) in [5.74, 6) is 0. The molecule has 3 heterocycles. The Labute approximate surface area is 139 Å². The molecular formula is C18H24S3. The van der Waals surface area contributed by atoms with Crippen molar-refractivity contribution in [3.8, 4) is 0 Å². The topological polar surface area (TPSA) is 0 Å². The standard InChI is InChI=1S/C18H24S3/c1-7-10-12(9-3)19-15-13(10)20-14-11(8-2)17(18(4,5)6)21-16(14)15/h7-9H2,1-6H3. The molecule has 0 spiro atoms. The van der Waals surface area contributed by atoms with Gasteiger partial charge in [0, 0.05) is 9.75 Å². The lowest BCUT2D eigenvalue weighted by atomic mass is 9.91. The second-order valence-electron chi connectivity index (χ2n) is 6.64.